The Morgan fingerprint density at radius 2 is 1.77 bits per heavy atom. The number of likely N-dealkylation sites (tertiary alicyclic amines) is 1. The van der Waals surface area contributed by atoms with Crippen molar-refractivity contribution >= 4 is 17.5 Å². The largest absolute Gasteiger partial charge is 0.489 e. The number of rotatable bonds is 12. The Morgan fingerprint density at radius 3 is 2.42 bits per heavy atom. The molecule has 2 atom stereocenters. The Kier molecular flexibility index (Phi) is 8.49. The van der Waals surface area contributed by atoms with Crippen LogP contribution in [0.1, 0.15) is 40.0 Å². The van der Waals surface area contributed by atoms with Crippen LogP contribution < -0.4 is 10.1 Å². The monoisotopic (exact) mass is 429 g/mol. The molecule has 1 saturated heterocycles. The Labute approximate surface area is 185 Å². The summed E-state index contributed by atoms with van der Waals surface area (Å²) in [6, 6.07) is 7.90. The number of nitrogens with one attached hydrogen (secondary N) is 1. The molecule has 1 aromatic rings. The Bertz CT molecular complexity index is 754. The molecule has 1 fully saturated rings. The van der Waals surface area contributed by atoms with E-state index in [0.717, 1.165) is 11.4 Å². The predicted molar refractivity (Wildman–Crippen MR) is 121 cm³/mol. The number of anilines is 1. The van der Waals surface area contributed by atoms with Crippen molar-refractivity contribution in [3.63, 3.8) is 0 Å². The topological polar surface area (TPSA) is 71.1 Å². The first-order valence-corrected chi connectivity index (χ1v) is 11.4. The van der Waals surface area contributed by atoms with Gasteiger partial charge in [0.25, 0.3) is 0 Å². The van der Waals surface area contributed by atoms with Crippen LogP contribution in [0.25, 0.3) is 0 Å². The van der Waals surface area contributed by atoms with Crippen molar-refractivity contribution in [3.05, 3.63) is 36.4 Å². The van der Waals surface area contributed by atoms with Crippen LogP contribution in [0.2, 0.25) is 0 Å². The zero-order chi connectivity index (χ0) is 22.2. The SMILES string of the molecule is CCON(CCCN1C(=O)C2CC=CCC2C1=O)CCNc1ccccc1OC(C)C. The number of hydroxylamine groups is 2. The van der Waals surface area contributed by atoms with Gasteiger partial charge in [-0.1, -0.05) is 24.3 Å². The summed E-state index contributed by atoms with van der Waals surface area (Å²) in [4.78, 5) is 32.4. The second kappa shape index (κ2) is 11.3. The summed E-state index contributed by atoms with van der Waals surface area (Å²) in [5.41, 5.74) is 0.956. The second-order valence-electron chi connectivity index (χ2n) is 8.27. The van der Waals surface area contributed by atoms with Gasteiger partial charge >= 0.3 is 0 Å². The highest BCUT2D eigenvalue weighted by molar-refractivity contribution is 6.05. The van der Waals surface area contributed by atoms with Gasteiger partial charge in [-0.25, -0.2) is 0 Å². The van der Waals surface area contributed by atoms with Gasteiger partial charge in [-0.05, 0) is 52.2 Å². The number of allylic oxidation sites excluding steroid dienone is 2. The van der Waals surface area contributed by atoms with Gasteiger partial charge in [0.05, 0.1) is 30.2 Å². The highest BCUT2D eigenvalue weighted by Gasteiger charge is 2.46. The maximum atomic E-state index is 12.6. The summed E-state index contributed by atoms with van der Waals surface area (Å²) >= 11 is 0. The number of amides is 2. The maximum absolute atomic E-state index is 12.6. The molecule has 3 rings (SSSR count). The Balaban J connectivity index is 1.45. The quantitative estimate of drug-likeness (QED) is 0.312. The van der Waals surface area contributed by atoms with Crippen molar-refractivity contribution in [2.45, 2.75) is 46.1 Å². The molecule has 1 heterocycles. The van der Waals surface area contributed by atoms with Crippen molar-refractivity contribution in [2.75, 3.05) is 38.1 Å². The van der Waals surface area contributed by atoms with E-state index >= 15 is 0 Å². The first-order valence-electron chi connectivity index (χ1n) is 11.4. The molecule has 0 radical (unpaired) electrons. The minimum atomic E-state index is -0.155. The Hall–Kier alpha value is -2.38. The second-order valence-corrected chi connectivity index (χ2v) is 8.27. The van der Waals surface area contributed by atoms with E-state index in [1.165, 1.54) is 4.90 Å². The molecule has 0 spiro atoms. The van der Waals surface area contributed by atoms with E-state index in [9.17, 15) is 9.59 Å². The van der Waals surface area contributed by atoms with Crippen molar-refractivity contribution in [1.82, 2.24) is 9.96 Å². The van der Waals surface area contributed by atoms with E-state index < -0.39 is 0 Å². The van der Waals surface area contributed by atoms with Crippen LogP contribution in [-0.2, 0) is 14.4 Å². The van der Waals surface area contributed by atoms with Gasteiger partial charge in [0, 0.05) is 26.2 Å². The third-order valence-corrected chi connectivity index (χ3v) is 5.63. The molecule has 1 aromatic carbocycles. The van der Waals surface area contributed by atoms with Gasteiger partial charge in [0.15, 0.2) is 0 Å². The molecule has 31 heavy (non-hydrogen) atoms. The number of carbonyl (C=O) groups excluding carboxylic acids is 2. The van der Waals surface area contributed by atoms with Crippen LogP contribution in [-0.4, -0.2) is 60.7 Å². The number of hydrogen-bond acceptors (Lipinski definition) is 6. The van der Waals surface area contributed by atoms with Crippen LogP contribution >= 0.6 is 0 Å². The molecule has 1 aliphatic heterocycles. The minimum Gasteiger partial charge on any atom is -0.489 e. The minimum absolute atomic E-state index is 0.00858. The maximum Gasteiger partial charge on any atom is 0.233 e. The number of fused-ring (bicyclic) bond motifs is 1. The predicted octanol–water partition coefficient (Wildman–Crippen LogP) is 3.48. The van der Waals surface area contributed by atoms with Gasteiger partial charge < -0.3 is 10.1 Å². The van der Waals surface area contributed by atoms with Crippen molar-refractivity contribution in [3.8, 4) is 5.75 Å². The molecule has 7 nitrogen and oxygen atoms in total. The molecule has 0 bridgehead atoms. The molecular weight excluding hydrogens is 394 g/mol. The number of benzene rings is 1. The van der Waals surface area contributed by atoms with Crippen molar-refractivity contribution < 1.29 is 19.2 Å². The van der Waals surface area contributed by atoms with Crippen molar-refractivity contribution in [2.24, 2.45) is 11.8 Å². The number of nitrogens with zero attached hydrogens (tertiary/aromatic N) is 2. The summed E-state index contributed by atoms with van der Waals surface area (Å²) in [6.45, 7) is 9.03. The summed E-state index contributed by atoms with van der Waals surface area (Å²) in [7, 11) is 0. The summed E-state index contributed by atoms with van der Waals surface area (Å²) in [6.07, 6.45) is 6.21. The lowest BCUT2D eigenvalue weighted by molar-refractivity contribution is -0.154. The number of imide groups is 1. The van der Waals surface area contributed by atoms with E-state index in [2.05, 4.69) is 5.32 Å². The zero-order valence-electron chi connectivity index (χ0n) is 18.9. The molecule has 1 N–H and O–H groups in total. The first-order chi connectivity index (χ1) is 15.0. The smallest absolute Gasteiger partial charge is 0.233 e. The average molecular weight is 430 g/mol. The highest BCUT2D eigenvalue weighted by Crippen LogP contribution is 2.35. The molecule has 2 aliphatic rings. The molecule has 2 unspecified atom stereocenters. The van der Waals surface area contributed by atoms with E-state index in [1.54, 1.807) is 0 Å². The fourth-order valence-corrected chi connectivity index (χ4v) is 4.20. The standard InChI is InChI=1S/C24H35N3O4/c1-4-30-26(17-14-25-21-12-7-8-13-22(21)31-18(2)3)15-9-16-27-23(28)19-10-5-6-11-20(19)24(27)29/h5-8,12-13,18-20,25H,4,9-11,14-17H2,1-3H3. The summed E-state index contributed by atoms with van der Waals surface area (Å²) in [5, 5.41) is 5.32. The van der Waals surface area contributed by atoms with Crippen molar-refractivity contribution in [1.29, 1.82) is 0 Å². The highest BCUT2D eigenvalue weighted by atomic mass is 16.7. The third-order valence-electron chi connectivity index (χ3n) is 5.63. The zero-order valence-corrected chi connectivity index (χ0v) is 18.9. The first kappa shape index (κ1) is 23.3. The molecular formula is C24H35N3O4. The van der Waals surface area contributed by atoms with E-state index in [0.29, 0.717) is 52.0 Å². The number of carbonyl (C=O) groups is 2. The van der Waals surface area contributed by atoms with E-state index in [-0.39, 0.29) is 29.8 Å². The van der Waals surface area contributed by atoms with E-state index in [4.69, 9.17) is 9.57 Å². The Morgan fingerprint density at radius 1 is 1.10 bits per heavy atom. The normalized spacial score (nSPS) is 20.6. The molecule has 170 valence electrons. The lowest BCUT2D eigenvalue weighted by Crippen LogP contribution is -2.36. The van der Waals surface area contributed by atoms with Gasteiger partial charge in [-0.3, -0.25) is 19.3 Å². The number of para-hydroxylation sites is 2. The molecule has 1 aliphatic carbocycles. The molecule has 0 saturated carbocycles. The van der Waals surface area contributed by atoms with Gasteiger partial charge in [0.1, 0.15) is 5.75 Å². The van der Waals surface area contributed by atoms with Gasteiger partial charge in [-0.2, -0.15) is 5.06 Å². The molecule has 7 heteroatoms. The average Bonchev–Trinajstić information content (AvgIpc) is 2.99. The number of ether oxygens (including phenoxy) is 1. The summed E-state index contributed by atoms with van der Waals surface area (Å²) in [5.74, 6) is 0.509. The van der Waals surface area contributed by atoms with Crippen LogP contribution in [0.4, 0.5) is 5.69 Å². The third kappa shape index (κ3) is 6.08. The van der Waals surface area contributed by atoms with Gasteiger partial charge in [0.2, 0.25) is 11.8 Å². The van der Waals surface area contributed by atoms with E-state index in [1.807, 2.05) is 62.3 Å². The van der Waals surface area contributed by atoms with Crippen LogP contribution in [0.5, 0.6) is 5.75 Å². The lowest BCUT2D eigenvalue weighted by atomic mass is 9.85. The van der Waals surface area contributed by atoms with Crippen LogP contribution in [0.15, 0.2) is 36.4 Å². The fraction of sp³-hybridized carbons (Fsp3) is 0.583. The lowest BCUT2D eigenvalue weighted by Gasteiger charge is -2.23. The molecule has 0 aromatic heterocycles. The van der Waals surface area contributed by atoms with Crippen LogP contribution in [0.3, 0.4) is 0 Å². The van der Waals surface area contributed by atoms with Crippen LogP contribution in [0, 0.1) is 11.8 Å². The number of hydrogen-bond donors (Lipinski definition) is 1. The summed E-state index contributed by atoms with van der Waals surface area (Å²) < 4.78 is 5.85. The molecule has 2 amide bonds. The van der Waals surface area contributed by atoms with Gasteiger partial charge in [-0.15, -0.1) is 0 Å². The fourth-order valence-electron chi connectivity index (χ4n) is 4.20.